The normalized spacial score (nSPS) is 10.5. The minimum Gasteiger partial charge on any atom is -0.416 e. The molecule has 1 aromatic heterocycles. The van der Waals surface area contributed by atoms with Crippen LogP contribution in [0.2, 0.25) is 0 Å². The van der Waals surface area contributed by atoms with E-state index >= 15 is 0 Å². The van der Waals surface area contributed by atoms with Gasteiger partial charge < -0.3 is 4.42 Å². The van der Waals surface area contributed by atoms with Gasteiger partial charge in [-0.25, -0.2) is 4.39 Å². The van der Waals surface area contributed by atoms with Crippen molar-refractivity contribution in [2.24, 2.45) is 0 Å². The lowest BCUT2D eigenvalue weighted by atomic mass is 10.2. The molecule has 2 aromatic rings. The van der Waals surface area contributed by atoms with Crippen molar-refractivity contribution in [3.05, 3.63) is 41.5 Å². The number of hydrogen-bond donors (Lipinski definition) is 0. The van der Waals surface area contributed by atoms with Crippen LogP contribution in [0.3, 0.4) is 0 Å². The van der Waals surface area contributed by atoms with Gasteiger partial charge in [0.2, 0.25) is 5.89 Å². The lowest BCUT2D eigenvalue weighted by molar-refractivity contribution is 0.429. The second kappa shape index (κ2) is 4.44. The van der Waals surface area contributed by atoms with Crippen molar-refractivity contribution in [2.75, 3.05) is 0 Å². The minimum atomic E-state index is -0.227. The van der Waals surface area contributed by atoms with E-state index in [1.165, 1.54) is 23.9 Å². The summed E-state index contributed by atoms with van der Waals surface area (Å²) in [4.78, 5) is 0. The Labute approximate surface area is 90.7 Å². The highest BCUT2D eigenvalue weighted by Gasteiger charge is 2.03. The van der Waals surface area contributed by atoms with E-state index in [-0.39, 0.29) is 5.82 Å². The standard InChI is InChI=1S/C10H9FN2OS/c1-7-12-13-10(14-7)15-6-8-3-2-4-9(11)5-8/h2-5H,6H2,1H3. The molecule has 2 rings (SSSR count). The SMILES string of the molecule is Cc1nnc(SCc2cccc(F)c2)o1. The van der Waals surface area contributed by atoms with Gasteiger partial charge >= 0.3 is 0 Å². The molecule has 0 radical (unpaired) electrons. The van der Waals surface area contributed by atoms with Crippen LogP contribution in [0.1, 0.15) is 11.5 Å². The van der Waals surface area contributed by atoms with Gasteiger partial charge in [-0.15, -0.1) is 10.2 Å². The summed E-state index contributed by atoms with van der Waals surface area (Å²) in [5, 5.41) is 8.05. The zero-order chi connectivity index (χ0) is 10.7. The summed E-state index contributed by atoms with van der Waals surface area (Å²) < 4.78 is 18.0. The van der Waals surface area contributed by atoms with Crippen LogP contribution >= 0.6 is 11.8 Å². The number of benzene rings is 1. The largest absolute Gasteiger partial charge is 0.416 e. The molecule has 0 bridgehead atoms. The van der Waals surface area contributed by atoms with Gasteiger partial charge in [0.05, 0.1) is 0 Å². The fourth-order valence-electron chi connectivity index (χ4n) is 1.11. The molecule has 5 heteroatoms. The Hall–Kier alpha value is -1.36. The predicted octanol–water partition coefficient (Wildman–Crippen LogP) is 2.81. The van der Waals surface area contributed by atoms with Crippen molar-refractivity contribution in [3.8, 4) is 0 Å². The lowest BCUT2D eigenvalue weighted by Gasteiger charge is -1.97. The van der Waals surface area contributed by atoms with E-state index in [0.717, 1.165) is 5.56 Å². The summed E-state index contributed by atoms with van der Waals surface area (Å²) in [6.45, 7) is 1.74. The molecular weight excluding hydrogens is 215 g/mol. The number of nitrogens with zero attached hydrogens (tertiary/aromatic N) is 2. The van der Waals surface area contributed by atoms with E-state index in [2.05, 4.69) is 10.2 Å². The van der Waals surface area contributed by atoms with Crippen LogP contribution in [0.4, 0.5) is 4.39 Å². The molecule has 1 heterocycles. The number of rotatable bonds is 3. The van der Waals surface area contributed by atoms with Gasteiger partial charge in [0.1, 0.15) is 5.82 Å². The average Bonchev–Trinajstić information content (AvgIpc) is 2.62. The first kappa shape index (κ1) is 10.2. The number of hydrogen-bond acceptors (Lipinski definition) is 4. The second-order valence-electron chi connectivity index (χ2n) is 3.01. The Balaban J connectivity index is 1.99. The summed E-state index contributed by atoms with van der Waals surface area (Å²) in [5.41, 5.74) is 0.899. The third kappa shape index (κ3) is 2.79. The van der Waals surface area contributed by atoms with E-state index in [1.54, 1.807) is 13.0 Å². The fraction of sp³-hybridized carbons (Fsp3) is 0.200. The molecule has 0 aliphatic rings. The summed E-state index contributed by atoms with van der Waals surface area (Å²) in [6.07, 6.45) is 0. The Morgan fingerprint density at radius 3 is 2.93 bits per heavy atom. The van der Waals surface area contributed by atoms with Crippen LogP contribution in [0, 0.1) is 12.7 Å². The highest BCUT2D eigenvalue weighted by atomic mass is 32.2. The van der Waals surface area contributed by atoms with Crippen LogP contribution in [0.5, 0.6) is 0 Å². The molecule has 3 nitrogen and oxygen atoms in total. The molecule has 0 saturated heterocycles. The molecule has 0 saturated carbocycles. The van der Waals surface area contributed by atoms with Gasteiger partial charge in [-0.2, -0.15) is 0 Å². The zero-order valence-corrected chi connectivity index (χ0v) is 8.92. The van der Waals surface area contributed by atoms with E-state index < -0.39 is 0 Å². The maximum Gasteiger partial charge on any atom is 0.276 e. The van der Waals surface area contributed by atoms with Gasteiger partial charge in [0.15, 0.2) is 0 Å². The minimum absolute atomic E-state index is 0.227. The molecule has 78 valence electrons. The molecule has 15 heavy (non-hydrogen) atoms. The molecule has 0 aliphatic carbocycles. The molecule has 0 atom stereocenters. The molecule has 1 aromatic carbocycles. The highest BCUT2D eigenvalue weighted by Crippen LogP contribution is 2.21. The summed E-state index contributed by atoms with van der Waals surface area (Å²) in [7, 11) is 0. The Morgan fingerprint density at radius 2 is 2.27 bits per heavy atom. The van der Waals surface area contributed by atoms with Gasteiger partial charge in [-0.1, -0.05) is 23.9 Å². The first-order valence-corrected chi connectivity index (χ1v) is 5.40. The van der Waals surface area contributed by atoms with Gasteiger partial charge in [-0.3, -0.25) is 0 Å². The topological polar surface area (TPSA) is 38.9 Å². The fourth-order valence-corrected chi connectivity index (χ4v) is 1.86. The zero-order valence-electron chi connectivity index (χ0n) is 8.11. The van der Waals surface area contributed by atoms with Crippen LogP contribution in [0.15, 0.2) is 33.9 Å². The molecule has 0 N–H and O–H groups in total. The monoisotopic (exact) mass is 224 g/mol. The van der Waals surface area contributed by atoms with Crippen molar-refractivity contribution in [3.63, 3.8) is 0 Å². The van der Waals surface area contributed by atoms with Gasteiger partial charge in [0, 0.05) is 12.7 Å². The Morgan fingerprint density at radius 1 is 1.40 bits per heavy atom. The third-order valence-electron chi connectivity index (χ3n) is 1.76. The second-order valence-corrected chi connectivity index (χ2v) is 3.93. The molecule has 0 unspecified atom stereocenters. The van der Waals surface area contributed by atoms with Crippen LogP contribution in [0.25, 0.3) is 0 Å². The molecular formula is C10H9FN2OS. The van der Waals surface area contributed by atoms with E-state index in [1.807, 2.05) is 6.07 Å². The molecule has 0 spiro atoms. The average molecular weight is 224 g/mol. The Kier molecular flexibility index (Phi) is 3.01. The summed E-state index contributed by atoms with van der Waals surface area (Å²) >= 11 is 1.40. The predicted molar refractivity (Wildman–Crippen MR) is 55.0 cm³/mol. The van der Waals surface area contributed by atoms with Gasteiger partial charge in [0.25, 0.3) is 5.22 Å². The highest BCUT2D eigenvalue weighted by molar-refractivity contribution is 7.98. The first-order chi connectivity index (χ1) is 7.24. The van der Waals surface area contributed by atoms with Crippen LogP contribution < -0.4 is 0 Å². The number of thioether (sulfide) groups is 1. The van der Waals surface area contributed by atoms with Gasteiger partial charge in [-0.05, 0) is 17.7 Å². The maximum atomic E-state index is 12.8. The van der Waals surface area contributed by atoms with Crippen molar-refractivity contribution >= 4 is 11.8 Å². The smallest absolute Gasteiger partial charge is 0.276 e. The lowest BCUT2D eigenvalue weighted by Crippen LogP contribution is -1.82. The maximum absolute atomic E-state index is 12.8. The summed E-state index contributed by atoms with van der Waals surface area (Å²) in [6, 6.07) is 6.46. The van der Waals surface area contributed by atoms with Crippen molar-refractivity contribution in [1.29, 1.82) is 0 Å². The molecule has 0 amide bonds. The van der Waals surface area contributed by atoms with E-state index in [0.29, 0.717) is 16.9 Å². The summed E-state index contributed by atoms with van der Waals surface area (Å²) in [5.74, 6) is 0.936. The quantitative estimate of drug-likeness (QED) is 0.751. The first-order valence-electron chi connectivity index (χ1n) is 4.41. The van der Waals surface area contributed by atoms with Crippen molar-refractivity contribution < 1.29 is 8.81 Å². The number of halogens is 1. The number of aromatic nitrogens is 2. The Bertz CT molecular complexity index is 458. The number of aryl methyl sites for hydroxylation is 1. The molecule has 0 fully saturated rings. The van der Waals surface area contributed by atoms with E-state index in [9.17, 15) is 4.39 Å². The van der Waals surface area contributed by atoms with Crippen LogP contribution in [-0.4, -0.2) is 10.2 Å². The van der Waals surface area contributed by atoms with Crippen molar-refractivity contribution in [1.82, 2.24) is 10.2 Å². The molecule has 0 aliphatic heterocycles. The third-order valence-corrected chi connectivity index (χ3v) is 2.65. The van der Waals surface area contributed by atoms with Crippen molar-refractivity contribution in [2.45, 2.75) is 17.9 Å². The van der Waals surface area contributed by atoms with E-state index in [4.69, 9.17) is 4.42 Å². The van der Waals surface area contributed by atoms with Crippen LogP contribution in [-0.2, 0) is 5.75 Å².